The van der Waals surface area contributed by atoms with Crippen molar-refractivity contribution in [3.8, 4) is 22.5 Å². The van der Waals surface area contributed by atoms with Crippen LogP contribution in [-0.4, -0.2) is 30.4 Å². The summed E-state index contributed by atoms with van der Waals surface area (Å²) in [4.78, 5) is 4.82. The first-order valence-electron chi connectivity index (χ1n) is 14.9. The normalized spacial score (nSPS) is 16.7. The Morgan fingerprint density at radius 1 is 1.10 bits per heavy atom. The molecular formula is C37H41N2O3+. The Bertz CT molecular complexity index is 1810. The smallest absolute Gasteiger partial charge is 0.214 e. The summed E-state index contributed by atoms with van der Waals surface area (Å²) in [6.07, 6.45) is 6.79. The lowest BCUT2D eigenvalue weighted by atomic mass is 9.74. The summed E-state index contributed by atoms with van der Waals surface area (Å²) in [5.41, 5.74) is 9.51. The van der Waals surface area contributed by atoms with Crippen LogP contribution in [0.3, 0.4) is 0 Å². The van der Waals surface area contributed by atoms with E-state index in [4.69, 9.17) is 14.1 Å². The minimum atomic E-state index is -0.155. The molecule has 5 aromatic rings. The van der Waals surface area contributed by atoms with E-state index in [0.717, 1.165) is 39.9 Å². The van der Waals surface area contributed by atoms with E-state index in [-0.39, 0.29) is 24.0 Å². The highest BCUT2D eigenvalue weighted by Gasteiger charge is 2.43. The monoisotopic (exact) mass is 561 g/mol. The summed E-state index contributed by atoms with van der Waals surface area (Å²) in [5, 5.41) is 13.9. The van der Waals surface area contributed by atoms with Crippen molar-refractivity contribution in [2.75, 3.05) is 20.3 Å². The molecule has 2 aromatic carbocycles. The molecule has 1 N–H and O–H groups in total. The fourth-order valence-electron chi connectivity index (χ4n) is 6.78. The quantitative estimate of drug-likeness (QED) is 0.162. The van der Waals surface area contributed by atoms with E-state index in [1.165, 1.54) is 33.0 Å². The van der Waals surface area contributed by atoms with Gasteiger partial charge in [0.05, 0.1) is 42.8 Å². The van der Waals surface area contributed by atoms with Crippen LogP contribution in [0.1, 0.15) is 63.3 Å². The van der Waals surface area contributed by atoms with Gasteiger partial charge in [0, 0.05) is 35.8 Å². The summed E-state index contributed by atoms with van der Waals surface area (Å²) in [7, 11) is 1.75. The maximum Gasteiger partial charge on any atom is 0.214 e. The topological polar surface area (TPSA) is 59.4 Å². The number of furan rings is 1. The molecule has 0 saturated heterocycles. The Kier molecular flexibility index (Phi) is 7.28. The second-order valence-electron chi connectivity index (χ2n) is 13.1. The van der Waals surface area contributed by atoms with E-state index in [0.29, 0.717) is 12.5 Å². The third kappa shape index (κ3) is 4.75. The number of aliphatic hydroxyl groups excluding tert-OH is 1. The van der Waals surface area contributed by atoms with Gasteiger partial charge in [-0.2, -0.15) is 4.57 Å². The van der Waals surface area contributed by atoms with Crippen LogP contribution in [0.5, 0.6) is 0 Å². The molecule has 2 atom stereocenters. The van der Waals surface area contributed by atoms with Crippen molar-refractivity contribution >= 4 is 21.7 Å². The summed E-state index contributed by atoms with van der Waals surface area (Å²) >= 11 is 0. The molecule has 1 aliphatic rings. The van der Waals surface area contributed by atoms with E-state index in [1.807, 2.05) is 12.5 Å². The summed E-state index contributed by atoms with van der Waals surface area (Å²) < 4.78 is 13.9. The first kappa shape index (κ1) is 28.3. The molecule has 5 nitrogen and oxygen atoms in total. The van der Waals surface area contributed by atoms with Crippen LogP contribution in [0.2, 0.25) is 0 Å². The molecule has 0 aliphatic carbocycles. The van der Waals surface area contributed by atoms with Crippen LogP contribution in [0.25, 0.3) is 44.3 Å². The van der Waals surface area contributed by atoms with Gasteiger partial charge in [0.1, 0.15) is 0 Å². The number of aliphatic hydroxyl groups is 1. The van der Waals surface area contributed by atoms with Gasteiger partial charge in [-0.1, -0.05) is 65.5 Å². The Hall–Kier alpha value is -3.80. The summed E-state index contributed by atoms with van der Waals surface area (Å²) in [5.74, 6) is 0.522. The predicted molar refractivity (Wildman–Crippen MR) is 170 cm³/mol. The minimum Gasteiger partial charge on any atom is -0.462 e. The lowest BCUT2D eigenvalue weighted by molar-refractivity contribution is -0.709. The molecule has 0 amide bonds. The third-order valence-corrected chi connectivity index (χ3v) is 8.64. The molecule has 5 heteroatoms. The van der Waals surface area contributed by atoms with E-state index < -0.39 is 0 Å². The second kappa shape index (κ2) is 10.8. The standard InChI is InChI=1S/C37H41N2O3/c1-22(2)14-25-20-42-34-18-38-32(17-28(25)34)24-12-13-39-33(15-24)29-16-31(37(4,5)6)26-10-8-9-11-27(26)35(29)30(21-41-7)36(39)23(3)19-40/h8-13,15-18,20,22,30,36,40H,3,14,19,21H2,1-2,4-7H3/q+1. The van der Waals surface area contributed by atoms with Gasteiger partial charge in [-0.05, 0) is 57.3 Å². The highest BCUT2D eigenvalue weighted by atomic mass is 16.5. The lowest BCUT2D eigenvalue weighted by Gasteiger charge is -2.34. The van der Waals surface area contributed by atoms with Crippen molar-refractivity contribution in [2.24, 2.45) is 5.92 Å². The van der Waals surface area contributed by atoms with Crippen LogP contribution < -0.4 is 4.57 Å². The van der Waals surface area contributed by atoms with E-state index in [2.05, 4.69) is 100 Å². The number of ether oxygens (including phenoxy) is 1. The maximum atomic E-state index is 10.3. The Balaban J connectivity index is 1.63. The molecule has 4 heterocycles. The molecule has 6 rings (SSSR count). The molecule has 0 radical (unpaired) electrons. The Morgan fingerprint density at radius 3 is 2.55 bits per heavy atom. The SMILES string of the molecule is C=C(CO)C1C(COC)c2c(cc(C(C)(C)C)c3ccccc23)-c2cc(-c3cc4c(CC(C)C)coc4cn3)cc[n+]21. The predicted octanol–water partition coefficient (Wildman–Crippen LogP) is 7.93. The van der Waals surface area contributed by atoms with Gasteiger partial charge < -0.3 is 14.3 Å². The molecule has 216 valence electrons. The largest absolute Gasteiger partial charge is 0.462 e. The number of hydrogen-bond acceptors (Lipinski definition) is 4. The van der Waals surface area contributed by atoms with E-state index in [1.54, 1.807) is 7.11 Å². The van der Waals surface area contributed by atoms with Gasteiger partial charge in [-0.15, -0.1) is 0 Å². The van der Waals surface area contributed by atoms with E-state index >= 15 is 0 Å². The van der Waals surface area contributed by atoms with Gasteiger partial charge in [0.2, 0.25) is 5.69 Å². The molecule has 0 spiro atoms. The first-order chi connectivity index (χ1) is 20.1. The van der Waals surface area contributed by atoms with Crippen LogP contribution in [0, 0.1) is 5.92 Å². The van der Waals surface area contributed by atoms with Gasteiger partial charge >= 0.3 is 0 Å². The van der Waals surface area contributed by atoms with Gasteiger partial charge in [-0.25, -0.2) is 0 Å². The number of methoxy groups -OCH3 is 1. The third-order valence-electron chi connectivity index (χ3n) is 8.64. The van der Waals surface area contributed by atoms with Crippen molar-refractivity contribution in [2.45, 2.75) is 58.4 Å². The summed E-state index contributed by atoms with van der Waals surface area (Å²) in [6, 6.07) is 17.4. The average Bonchev–Trinajstić information content (AvgIpc) is 3.36. The van der Waals surface area contributed by atoms with Gasteiger partial charge in [0.25, 0.3) is 0 Å². The van der Waals surface area contributed by atoms with Crippen LogP contribution >= 0.6 is 0 Å². The van der Waals surface area contributed by atoms with Crippen LogP contribution in [0.4, 0.5) is 0 Å². The zero-order valence-corrected chi connectivity index (χ0v) is 25.6. The molecule has 3 aromatic heterocycles. The fraction of sp³-hybridized carbons (Fsp3) is 0.351. The van der Waals surface area contributed by atoms with E-state index in [9.17, 15) is 5.11 Å². The van der Waals surface area contributed by atoms with Gasteiger partial charge in [-0.3, -0.25) is 4.98 Å². The van der Waals surface area contributed by atoms with Gasteiger partial charge in [0.15, 0.2) is 17.8 Å². The molecule has 0 fully saturated rings. The van der Waals surface area contributed by atoms with Crippen molar-refractivity contribution in [1.82, 2.24) is 4.98 Å². The molecule has 1 aliphatic heterocycles. The zero-order chi connectivity index (χ0) is 29.8. The number of benzene rings is 2. The van der Waals surface area contributed by atoms with Crippen LogP contribution in [0.15, 0.2) is 83.8 Å². The summed E-state index contributed by atoms with van der Waals surface area (Å²) in [6.45, 7) is 16.0. The second-order valence-corrected chi connectivity index (χ2v) is 13.1. The van der Waals surface area contributed by atoms with Crippen LogP contribution in [-0.2, 0) is 16.6 Å². The minimum absolute atomic E-state index is 0.00841. The highest BCUT2D eigenvalue weighted by molar-refractivity contribution is 5.96. The molecule has 0 bridgehead atoms. The van der Waals surface area contributed by atoms with Crippen molar-refractivity contribution in [1.29, 1.82) is 0 Å². The van der Waals surface area contributed by atoms with Crippen molar-refractivity contribution in [3.05, 3.63) is 96.0 Å². The van der Waals surface area contributed by atoms with Crippen molar-refractivity contribution < 1.29 is 18.8 Å². The maximum absolute atomic E-state index is 10.3. The molecular weight excluding hydrogens is 520 g/mol. The zero-order valence-electron chi connectivity index (χ0n) is 25.6. The molecule has 0 saturated carbocycles. The fourth-order valence-corrected chi connectivity index (χ4v) is 6.78. The number of rotatable bonds is 7. The highest BCUT2D eigenvalue weighted by Crippen LogP contribution is 2.47. The lowest BCUT2D eigenvalue weighted by Crippen LogP contribution is -2.49. The number of pyridine rings is 2. The number of fused-ring (bicyclic) bond motifs is 6. The first-order valence-corrected chi connectivity index (χ1v) is 14.9. The average molecular weight is 562 g/mol. The Labute approximate surface area is 248 Å². The molecule has 42 heavy (non-hydrogen) atoms. The number of nitrogens with zero attached hydrogens (tertiary/aromatic N) is 2. The number of aromatic nitrogens is 2. The number of hydrogen-bond donors (Lipinski definition) is 1. The Morgan fingerprint density at radius 2 is 1.86 bits per heavy atom. The van der Waals surface area contributed by atoms with Crippen molar-refractivity contribution in [3.63, 3.8) is 0 Å². The molecule has 2 unspecified atom stereocenters.